The van der Waals surface area contributed by atoms with E-state index in [9.17, 15) is 14.7 Å². The molecule has 14 heavy (non-hydrogen) atoms. The number of aliphatic hydroxyl groups excluding tert-OH is 1. The van der Waals surface area contributed by atoms with E-state index < -0.39 is 12.0 Å². The van der Waals surface area contributed by atoms with Gasteiger partial charge in [-0.05, 0) is 9.39 Å². The first-order chi connectivity index (χ1) is 6.52. The van der Waals surface area contributed by atoms with Crippen molar-refractivity contribution in [3.05, 3.63) is 0 Å². The molecule has 78 valence electrons. The van der Waals surface area contributed by atoms with Crippen LogP contribution in [0.25, 0.3) is 0 Å². The van der Waals surface area contributed by atoms with Crippen molar-refractivity contribution in [2.24, 2.45) is 5.92 Å². The summed E-state index contributed by atoms with van der Waals surface area (Å²) >= 11 is 0. The summed E-state index contributed by atoms with van der Waals surface area (Å²) in [6.07, 6.45) is -0.623. The van der Waals surface area contributed by atoms with E-state index in [1.165, 1.54) is 11.6 Å². The van der Waals surface area contributed by atoms with Gasteiger partial charge in [-0.15, -0.1) is 0 Å². The van der Waals surface area contributed by atoms with Gasteiger partial charge in [0.15, 0.2) is 0 Å². The van der Waals surface area contributed by atoms with Gasteiger partial charge in [-0.2, -0.15) is 0 Å². The van der Waals surface area contributed by atoms with E-state index in [1.54, 1.807) is 0 Å². The number of nitrogens with zero attached hydrogens (tertiary/aromatic N) is 1. The van der Waals surface area contributed by atoms with Gasteiger partial charge in [0, 0.05) is 13.3 Å². The molecule has 0 aromatic carbocycles. The van der Waals surface area contributed by atoms with Crippen LogP contribution in [0.3, 0.4) is 0 Å². The minimum Gasteiger partial charge on any atom is -0.460 e. The highest BCUT2D eigenvalue weighted by Gasteiger charge is 2.57. The second-order valence-corrected chi connectivity index (χ2v) is 4.27. The van der Waals surface area contributed by atoms with E-state index in [-0.39, 0.29) is 24.0 Å². The van der Waals surface area contributed by atoms with Crippen LogP contribution in [0, 0.1) is 5.92 Å². The lowest BCUT2D eigenvalue weighted by atomic mass is 10.1. The van der Waals surface area contributed by atoms with E-state index in [0.29, 0.717) is 6.42 Å². The number of fused-ring (bicyclic) bond motifs is 2. The molecule has 0 radical (unpaired) electrons. The molecule has 6 heteroatoms. The predicted octanol–water partition coefficient (Wildman–Crippen LogP) is -0.700. The summed E-state index contributed by atoms with van der Waals surface area (Å²) in [7, 11) is 2.27. The fraction of sp³-hybridized carbons (Fsp3) is 0.750. The number of hydrogen-bond donors (Lipinski definition) is 1. The lowest BCUT2D eigenvalue weighted by molar-refractivity contribution is -0.152. The molecule has 1 N–H and O–H groups in total. The maximum Gasteiger partial charge on any atom is 0.302 e. The van der Waals surface area contributed by atoms with Crippen LogP contribution in [0.1, 0.15) is 13.3 Å². The first kappa shape index (κ1) is 9.87. The van der Waals surface area contributed by atoms with Crippen LogP contribution in [0.4, 0.5) is 0 Å². The third kappa shape index (κ3) is 1.23. The van der Waals surface area contributed by atoms with Crippen LogP contribution in [0.15, 0.2) is 0 Å². The summed E-state index contributed by atoms with van der Waals surface area (Å²) < 4.78 is 6.42. The van der Waals surface area contributed by atoms with Gasteiger partial charge in [0.1, 0.15) is 6.10 Å². The fourth-order valence-corrected chi connectivity index (χ4v) is 2.81. The molecule has 1 amide bonds. The number of rotatable bonds is 1. The molecule has 2 aliphatic rings. The van der Waals surface area contributed by atoms with Gasteiger partial charge in [0.05, 0.1) is 18.1 Å². The third-order valence-corrected chi connectivity index (χ3v) is 3.44. The summed E-state index contributed by atoms with van der Waals surface area (Å²) in [6, 6.07) is -0.388. The molecule has 1 aliphatic carbocycles. The van der Waals surface area contributed by atoms with Gasteiger partial charge in [-0.3, -0.25) is 9.59 Å². The zero-order chi connectivity index (χ0) is 10.5. The molecule has 1 saturated heterocycles. The number of carbonyl (C=O) groups excluding carboxylic acids is 2. The Labute approximate surface area is 83.7 Å². The number of piperidine rings is 1. The average molecular weight is 217 g/mol. The van der Waals surface area contributed by atoms with E-state index in [4.69, 9.17) is 4.74 Å². The molecule has 0 spiro atoms. The third-order valence-electron chi connectivity index (χ3n) is 2.84. The molecule has 1 heterocycles. The lowest BCUT2D eigenvalue weighted by Crippen LogP contribution is -2.42. The Morgan fingerprint density at radius 3 is 2.79 bits per heavy atom. The summed E-state index contributed by atoms with van der Waals surface area (Å²) in [6.45, 7) is 1.33. The SMILES string of the molecule is CC(=O)OC1CC2C(=O)N(P)C1C2O. The van der Waals surface area contributed by atoms with Gasteiger partial charge in [-0.1, -0.05) is 0 Å². The minimum atomic E-state index is -0.704. The Kier molecular flexibility index (Phi) is 2.24. The zero-order valence-corrected chi connectivity index (χ0v) is 8.87. The quantitative estimate of drug-likeness (QED) is 0.466. The Bertz CT molecular complexity index is 295. The van der Waals surface area contributed by atoms with Gasteiger partial charge in [-0.25, -0.2) is 0 Å². The van der Waals surface area contributed by atoms with Crippen molar-refractivity contribution in [2.45, 2.75) is 31.6 Å². The standard InChI is InChI=1S/C8H12NO4P/c1-3(10)13-5-2-4-7(11)6(5)9(14)8(4)12/h4-7,11H,2,14H2,1H3. The molecular formula is C8H12NO4P. The summed E-state index contributed by atoms with van der Waals surface area (Å²) in [4.78, 5) is 22.2. The monoisotopic (exact) mass is 217 g/mol. The van der Waals surface area contributed by atoms with Crippen molar-refractivity contribution in [1.82, 2.24) is 4.67 Å². The second-order valence-electron chi connectivity index (χ2n) is 3.72. The number of ether oxygens (including phenoxy) is 1. The maximum absolute atomic E-state index is 11.4. The van der Waals surface area contributed by atoms with Crippen molar-refractivity contribution in [1.29, 1.82) is 0 Å². The van der Waals surface area contributed by atoms with Gasteiger partial charge in [0.25, 0.3) is 0 Å². The predicted molar refractivity (Wildman–Crippen MR) is 50.0 cm³/mol. The van der Waals surface area contributed by atoms with Crippen molar-refractivity contribution in [2.75, 3.05) is 0 Å². The molecule has 5 unspecified atom stereocenters. The van der Waals surface area contributed by atoms with Crippen LogP contribution in [-0.2, 0) is 14.3 Å². The number of esters is 1. The lowest BCUT2D eigenvalue weighted by Gasteiger charge is -2.28. The highest BCUT2D eigenvalue weighted by Crippen LogP contribution is 2.42. The highest BCUT2D eigenvalue weighted by molar-refractivity contribution is 7.14. The van der Waals surface area contributed by atoms with E-state index >= 15 is 0 Å². The Hall–Kier alpha value is -0.670. The largest absolute Gasteiger partial charge is 0.460 e. The van der Waals surface area contributed by atoms with Crippen molar-refractivity contribution in [3.8, 4) is 0 Å². The summed E-state index contributed by atoms with van der Waals surface area (Å²) in [5, 5.41) is 9.69. The summed E-state index contributed by atoms with van der Waals surface area (Å²) in [5.74, 6) is -0.863. The number of carbonyl (C=O) groups is 2. The van der Waals surface area contributed by atoms with Gasteiger partial charge in [0.2, 0.25) is 5.91 Å². The van der Waals surface area contributed by atoms with Crippen molar-refractivity contribution < 1.29 is 19.4 Å². The molecule has 0 aromatic rings. The second kappa shape index (κ2) is 3.17. The van der Waals surface area contributed by atoms with E-state index in [2.05, 4.69) is 9.39 Å². The highest BCUT2D eigenvalue weighted by atomic mass is 31.0. The minimum absolute atomic E-state index is 0.0871. The maximum atomic E-state index is 11.4. The normalized spacial score (nSPS) is 40.5. The molecule has 2 rings (SSSR count). The van der Waals surface area contributed by atoms with E-state index in [0.717, 1.165) is 0 Å². The van der Waals surface area contributed by atoms with Crippen molar-refractivity contribution in [3.63, 3.8) is 0 Å². The fourth-order valence-electron chi connectivity index (χ4n) is 2.25. The van der Waals surface area contributed by atoms with Crippen LogP contribution in [0.2, 0.25) is 0 Å². The molecule has 2 bridgehead atoms. The van der Waals surface area contributed by atoms with Crippen molar-refractivity contribution >= 4 is 21.3 Å². The molecule has 2 fully saturated rings. The topological polar surface area (TPSA) is 66.8 Å². The molecule has 1 saturated carbocycles. The first-order valence-electron chi connectivity index (χ1n) is 4.45. The molecule has 1 aliphatic heterocycles. The Morgan fingerprint density at radius 1 is 1.71 bits per heavy atom. The summed E-state index contributed by atoms with van der Waals surface area (Å²) in [5.41, 5.74) is 0. The molecular weight excluding hydrogens is 205 g/mol. The zero-order valence-electron chi connectivity index (χ0n) is 7.71. The smallest absolute Gasteiger partial charge is 0.302 e. The molecule has 0 aromatic heterocycles. The number of aliphatic hydroxyl groups is 1. The van der Waals surface area contributed by atoms with Crippen LogP contribution < -0.4 is 0 Å². The van der Waals surface area contributed by atoms with Gasteiger partial charge >= 0.3 is 5.97 Å². The first-order valence-corrected chi connectivity index (χ1v) is 4.97. The number of amides is 1. The molecule has 5 atom stereocenters. The average Bonchev–Trinajstić information content (AvgIpc) is 2.47. The molecule has 5 nitrogen and oxygen atoms in total. The number of hydrogen-bond acceptors (Lipinski definition) is 4. The van der Waals surface area contributed by atoms with Crippen LogP contribution in [0.5, 0.6) is 0 Å². The van der Waals surface area contributed by atoms with E-state index in [1.807, 2.05) is 0 Å². The van der Waals surface area contributed by atoms with Gasteiger partial charge < -0.3 is 14.5 Å². The van der Waals surface area contributed by atoms with Crippen LogP contribution >= 0.6 is 9.39 Å². The Balaban J connectivity index is 2.14. The van der Waals surface area contributed by atoms with Crippen LogP contribution in [-0.4, -0.2) is 39.9 Å². The Morgan fingerprint density at radius 2 is 2.36 bits per heavy atom.